The smallest absolute Gasteiger partial charge is 0.164 e. The van der Waals surface area contributed by atoms with E-state index in [-0.39, 0.29) is 0 Å². The molecule has 1 rings (SSSR count). The van der Waals surface area contributed by atoms with Crippen molar-refractivity contribution in [3.05, 3.63) is 11.3 Å². The third-order valence-corrected chi connectivity index (χ3v) is 3.75. The molecular weight excluding hydrogens is 188 g/mol. The molecule has 0 saturated heterocycles. The number of allylic oxidation sites excluding steroid dienone is 1. The predicted octanol–water partition coefficient (Wildman–Crippen LogP) is 3.01. The summed E-state index contributed by atoms with van der Waals surface area (Å²) in [7, 11) is -1.31. The summed E-state index contributed by atoms with van der Waals surface area (Å²) in [4.78, 5) is 0. The van der Waals surface area contributed by atoms with Crippen molar-refractivity contribution < 1.29 is 0 Å². The lowest BCUT2D eigenvalue weighted by Crippen LogP contribution is -2.21. The Bertz CT molecular complexity index is 322. The summed E-state index contributed by atoms with van der Waals surface area (Å²) in [6, 6.07) is 4.39. The van der Waals surface area contributed by atoms with E-state index < -0.39 is 13.5 Å². The molecule has 14 heavy (non-hydrogen) atoms. The maximum absolute atomic E-state index is 9.09. The maximum Gasteiger partial charge on any atom is 0.164 e. The Kier molecular flexibility index (Phi) is 2.83. The van der Waals surface area contributed by atoms with Gasteiger partial charge >= 0.3 is 0 Å². The number of hydrogen-bond acceptors (Lipinski definition) is 2. The molecule has 1 fully saturated rings. The Morgan fingerprint density at radius 2 is 1.86 bits per heavy atom. The second kappa shape index (κ2) is 3.59. The van der Waals surface area contributed by atoms with Crippen LogP contribution >= 0.6 is 0 Å². The van der Waals surface area contributed by atoms with Crippen molar-refractivity contribution in [1.29, 1.82) is 10.5 Å². The first-order chi connectivity index (χ1) is 6.43. The molecule has 0 aromatic rings. The molecule has 3 heteroatoms. The van der Waals surface area contributed by atoms with Crippen LogP contribution in [0.4, 0.5) is 0 Å². The number of nitrogens with zero attached hydrogens (tertiary/aromatic N) is 2. The fourth-order valence-electron chi connectivity index (χ4n) is 1.92. The van der Waals surface area contributed by atoms with Crippen molar-refractivity contribution in [2.45, 2.75) is 38.9 Å². The maximum atomic E-state index is 9.09. The number of nitriles is 2. The molecule has 0 atom stereocenters. The molecule has 0 heterocycles. The van der Waals surface area contributed by atoms with Gasteiger partial charge in [0.2, 0.25) is 0 Å². The van der Waals surface area contributed by atoms with E-state index in [0.717, 1.165) is 24.8 Å². The zero-order valence-electron chi connectivity index (χ0n) is 9.09. The second-order valence-corrected chi connectivity index (χ2v) is 10.0. The summed E-state index contributed by atoms with van der Waals surface area (Å²) in [5.41, 5.74) is 2.52. The zero-order valence-corrected chi connectivity index (χ0v) is 10.1. The molecule has 1 saturated carbocycles. The number of hydrogen-bond donors (Lipinski definition) is 0. The van der Waals surface area contributed by atoms with Gasteiger partial charge in [0.05, 0.1) is 20.2 Å². The normalized spacial score (nSPS) is 23.1. The van der Waals surface area contributed by atoms with Gasteiger partial charge in [-0.2, -0.15) is 10.5 Å². The van der Waals surface area contributed by atoms with Gasteiger partial charge in [0.25, 0.3) is 0 Å². The van der Waals surface area contributed by atoms with Crippen molar-refractivity contribution >= 4 is 8.07 Å². The molecule has 0 amide bonds. The van der Waals surface area contributed by atoms with E-state index in [1.807, 2.05) is 0 Å². The van der Waals surface area contributed by atoms with Crippen molar-refractivity contribution in [3.63, 3.8) is 0 Å². The highest BCUT2D eigenvalue weighted by molar-refractivity contribution is 6.81. The fraction of sp³-hybridized carbons (Fsp3) is 0.636. The van der Waals surface area contributed by atoms with Crippen LogP contribution in [0, 0.1) is 28.1 Å². The van der Waals surface area contributed by atoms with E-state index in [2.05, 4.69) is 37.5 Å². The summed E-state index contributed by atoms with van der Waals surface area (Å²) in [5, 5.41) is 18.2. The molecule has 2 nitrogen and oxygen atoms in total. The Morgan fingerprint density at radius 1 is 1.29 bits per heavy atom. The molecular formula is C11H16N2Si. The molecule has 1 aliphatic rings. The third-order valence-electron chi connectivity index (χ3n) is 2.54. The van der Waals surface area contributed by atoms with Crippen LogP contribution in [0.2, 0.25) is 19.6 Å². The average molecular weight is 204 g/mol. The largest absolute Gasteiger partial charge is 0.196 e. The molecule has 1 aliphatic carbocycles. The van der Waals surface area contributed by atoms with Crippen LogP contribution in [0.5, 0.6) is 0 Å². The van der Waals surface area contributed by atoms with Crippen LogP contribution in [0.15, 0.2) is 11.3 Å². The van der Waals surface area contributed by atoms with Crippen molar-refractivity contribution in [2.75, 3.05) is 0 Å². The first kappa shape index (κ1) is 11.0. The lowest BCUT2D eigenvalue weighted by atomic mass is 9.87. The van der Waals surface area contributed by atoms with E-state index in [1.54, 1.807) is 0 Å². The lowest BCUT2D eigenvalue weighted by molar-refractivity contribution is 0.634. The van der Waals surface area contributed by atoms with Gasteiger partial charge in [-0.25, -0.2) is 0 Å². The average Bonchev–Trinajstić information content (AvgIpc) is 2.46. The Balaban J connectivity index is 3.09. The Labute approximate surface area is 86.9 Å². The minimum Gasteiger partial charge on any atom is -0.196 e. The molecule has 0 N–H and O–H groups in total. The van der Waals surface area contributed by atoms with Gasteiger partial charge in [-0.3, -0.25) is 0 Å². The topological polar surface area (TPSA) is 47.6 Å². The minimum absolute atomic E-state index is 0.719. The first-order valence-electron chi connectivity index (χ1n) is 4.98. The molecule has 0 aliphatic heterocycles. The standard InChI is InChI=1S/C11H16N2Si/c1-14(2,3)7-10-5-4-6-11(10,8-12)9-13/h7H,4-6H2,1-3H3/b10-7+. The van der Waals surface area contributed by atoms with Crippen LogP contribution in [0.1, 0.15) is 19.3 Å². The minimum atomic E-state index is -1.31. The second-order valence-electron chi connectivity index (χ2n) is 5.02. The Hall–Kier alpha value is -1.06. The predicted molar refractivity (Wildman–Crippen MR) is 58.9 cm³/mol. The highest BCUT2D eigenvalue weighted by Crippen LogP contribution is 2.42. The molecule has 0 spiro atoms. The van der Waals surface area contributed by atoms with Crippen LogP contribution < -0.4 is 0 Å². The Morgan fingerprint density at radius 3 is 2.29 bits per heavy atom. The quantitative estimate of drug-likeness (QED) is 0.616. The van der Waals surface area contributed by atoms with Crippen LogP contribution in [-0.4, -0.2) is 8.07 Å². The molecule has 0 bridgehead atoms. The van der Waals surface area contributed by atoms with Crippen LogP contribution in [0.25, 0.3) is 0 Å². The van der Waals surface area contributed by atoms with E-state index in [9.17, 15) is 0 Å². The molecule has 0 unspecified atom stereocenters. The highest BCUT2D eigenvalue weighted by atomic mass is 28.3. The molecule has 0 aromatic carbocycles. The van der Waals surface area contributed by atoms with E-state index in [1.165, 1.54) is 0 Å². The van der Waals surface area contributed by atoms with Gasteiger partial charge in [-0.1, -0.05) is 25.3 Å². The van der Waals surface area contributed by atoms with Crippen molar-refractivity contribution in [3.8, 4) is 12.1 Å². The van der Waals surface area contributed by atoms with Crippen LogP contribution in [0.3, 0.4) is 0 Å². The summed E-state index contributed by atoms with van der Waals surface area (Å²) in [5.74, 6) is 0. The molecule has 0 aromatic heterocycles. The van der Waals surface area contributed by atoms with Gasteiger partial charge < -0.3 is 0 Å². The van der Waals surface area contributed by atoms with Gasteiger partial charge in [-0.15, -0.1) is 0 Å². The first-order valence-corrected chi connectivity index (χ1v) is 8.56. The van der Waals surface area contributed by atoms with Gasteiger partial charge in [0.15, 0.2) is 5.41 Å². The SMILES string of the molecule is C[Si](C)(C)/C=C1\CCCC1(C#N)C#N. The van der Waals surface area contributed by atoms with Crippen LogP contribution in [-0.2, 0) is 0 Å². The third kappa shape index (κ3) is 2.05. The monoisotopic (exact) mass is 204 g/mol. The molecule has 74 valence electrons. The van der Waals surface area contributed by atoms with Gasteiger partial charge in [0, 0.05) is 0 Å². The summed E-state index contributed by atoms with van der Waals surface area (Å²) >= 11 is 0. The summed E-state index contributed by atoms with van der Waals surface area (Å²) < 4.78 is 0. The van der Waals surface area contributed by atoms with Gasteiger partial charge in [-0.05, 0) is 24.8 Å². The highest BCUT2D eigenvalue weighted by Gasteiger charge is 2.39. The van der Waals surface area contributed by atoms with Gasteiger partial charge in [0.1, 0.15) is 0 Å². The van der Waals surface area contributed by atoms with E-state index >= 15 is 0 Å². The van der Waals surface area contributed by atoms with Crippen molar-refractivity contribution in [1.82, 2.24) is 0 Å². The lowest BCUT2D eigenvalue weighted by Gasteiger charge is -2.17. The summed E-state index contributed by atoms with van der Waals surface area (Å²) in [6.07, 6.45) is 2.64. The molecule has 0 radical (unpaired) electrons. The zero-order chi connectivity index (χ0) is 10.8. The van der Waals surface area contributed by atoms with Crippen molar-refractivity contribution in [2.24, 2.45) is 5.41 Å². The fourth-order valence-corrected chi connectivity index (χ4v) is 3.35. The number of rotatable bonds is 1. The van der Waals surface area contributed by atoms with E-state index in [4.69, 9.17) is 10.5 Å². The van der Waals surface area contributed by atoms with E-state index in [0.29, 0.717) is 0 Å². The summed E-state index contributed by atoms with van der Waals surface area (Å²) in [6.45, 7) is 6.70.